The van der Waals surface area contributed by atoms with Crippen LogP contribution in [-0.4, -0.2) is 5.54 Å². The summed E-state index contributed by atoms with van der Waals surface area (Å²) in [6.07, 6.45) is 14.2. The Balaban J connectivity index is 1.71. The zero-order valence-electron chi connectivity index (χ0n) is 12.1. The van der Waals surface area contributed by atoms with E-state index >= 15 is 0 Å². The lowest BCUT2D eigenvalue weighted by atomic mass is 9.80. The fraction of sp³-hybridized carbons (Fsp3) is 0.667. The molecule has 104 valence electrons. The summed E-state index contributed by atoms with van der Waals surface area (Å²) in [7, 11) is 0. The van der Waals surface area contributed by atoms with Crippen LogP contribution in [0.1, 0.15) is 68.1 Å². The fourth-order valence-corrected chi connectivity index (χ4v) is 3.93. The van der Waals surface area contributed by atoms with E-state index in [-0.39, 0.29) is 5.54 Å². The second-order valence-corrected chi connectivity index (χ2v) is 6.76. The Morgan fingerprint density at radius 3 is 2.32 bits per heavy atom. The summed E-state index contributed by atoms with van der Waals surface area (Å²) in [6.45, 7) is 0. The third-order valence-electron chi connectivity index (χ3n) is 5.07. The van der Waals surface area contributed by atoms with E-state index < -0.39 is 0 Å². The molecule has 0 spiro atoms. The van der Waals surface area contributed by atoms with E-state index in [0.717, 1.165) is 6.42 Å². The zero-order valence-corrected chi connectivity index (χ0v) is 12.1. The Hall–Kier alpha value is -0.820. The maximum absolute atomic E-state index is 6.71. The number of hydrogen-bond acceptors (Lipinski definition) is 1. The molecule has 0 saturated heterocycles. The summed E-state index contributed by atoms with van der Waals surface area (Å²) >= 11 is 0. The summed E-state index contributed by atoms with van der Waals surface area (Å²) in [5, 5.41) is 0. The van der Waals surface area contributed by atoms with Crippen LogP contribution in [0.3, 0.4) is 0 Å². The van der Waals surface area contributed by atoms with Crippen molar-refractivity contribution in [3.63, 3.8) is 0 Å². The van der Waals surface area contributed by atoms with E-state index in [1.54, 1.807) is 11.1 Å². The van der Waals surface area contributed by atoms with Crippen molar-refractivity contribution in [3.05, 3.63) is 34.9 Å². The van der Waals surface area contributed by atoms with Crippen molar-refractivity contribution < 1.29 is 0 Å². The molecular weight excluding hydrogens is 230 g/mol. The zero-order chi connectivity index (χ0) is 13.1. The first kappa shape index (κ1) is 13.2. The van der Waals surface area contributed by atoms with Crippen LogP contribution in [0, 0.1) is 0 Å². The monoisotopic (exact) mass is 257 g/mol. The molecule has 0 aromatic heterocycles. The van der Waals surface area contributed by atoms with Crippen LogP contribution in [-0.2, 0) is 19.3 Å². The predicted octanol–water partition coefficient (Wildman–Crippen LogP) is 4.16. The Morgan fingerprint density at radius 1 is 0.842 bits per heavy atom. The second kappa shape index (κ2) is 5.66. The third-order valence-corrected chi connectivity index (χ3v) is 5.07. The second-order valence-electron chi connectivity index (χ2n) is 6.76. The normalized spacial score (nSPS) is 22.6. The van der Waals surface area contributed by atoms with Gasteiger partial charge in [-0.2, -0.15) is 0 Å². The van der Waals surface area contributed by atoms with Gasteiger partial charge in [-0.1, -0.05) is 50.3 Å². The molecule has 0 aliphatic heterocycles. The summed E-state index contributed by atoms with van der Waals surface area (Å²) in [6, 6.07) is 7.12. The SMILES string of the molecule is NC1(Cc2ccc3c(c2)CCC3)CCCCCCC1. The van der Waals surface area contributed by atoms with Gasteiger partial charge in [0.2, 0.25) is 0 Å². The van der Waals surface area contributed by atoms with Gasteiger partial charge in [0.1, 0.15) is 0 Å². The molecule has 1 heteroatoms. The lowest BCUT2D eigenvalue weighted by molar-refractivity contribution is 0.314. The van der Waals surface area contributed by atoms with Crippen molar-refractivity contribution in [2.45, 2.75) is 76.2 Å². The van der Waals surface area contributed by atoms with Crippen molar-refractivity contribution in [2.75, 3.05) is 0 Å². The van der Waals surface area contributed by atoms with Crippen molar-refractivity contribution in [2.24, 2.45) is 5.73 Å². The van der Waals surface area contributed by atoms with Crippen molar-refractivity contribution in [3.8, 4) is 0 Å². The Bertz CT molecular complexity index is 427. The molecule has 0 unspecified atom stereocenters. The molecule has 1 aromatic carbocycles. The molecule has 0 amide bonds. The molecule has 19 heavy (non-hydrogen) atoms. The Kier molecular flexibility index (Phi) is 3.93. The highest BCUT2D eigenvalue weighted by atomic mass is 14.7. The molecule has 2 aliphatic rings. The lowest BCUT2D eigenvalue weighted by Crippen LogP contribution is -2.42. The minimum atomic E-state index is 0.0628. The predicted molar refractivity (Wildman–Crippen MR) is 81.4 cm³/mol. The largest absolute Gasteiger partial charge is 0.325 e. The van der Waals surface area contributed by atoms with Gasteiger partial charge < -0.3 is 5.73 Å². The number of nitrogens with two attached hydrogens (primary N) is 1. The molecule has 1 fully saturated rings. The first-order chi connectivity index (χ1) is 9.25. The lowest BCUT2D eigenvalue weighted by Gasteiger charge is -2.32. The molecule has 1 aromatic rings. The molecular formula is C18H27N. The number of benzene rings is 1. The number of aryl methyl sites for hydroxylation is 2. The first-order valence-electron chi connectivity index (χ1n) is 8.15. The van der Waals surface area contributed by atoms with Gasteiger partial charge in [0, 0.05) is 5.54 Å². The van der Waals surface area contributed by atoms with Gasteiger partial charge in [0.15, 0.2) is 0 Å². The van der Waals surface area contributed by atoms with Crippen molar-refractivity contribution in [1.29, 1.82) is 0 Å². The van der Waals surface area contributed by atoms with Crippen LogP contribution >= 0.6 is 0 Å². The summed E-state index contributed by atoms with van der Waals surface area (Å²) < 4.78 is 0. The Morgan fingerprint density at radius 2 is 1.53 bits per heavy atom. The van der Waals surface area contributed by atoms with Crippen LogP contribution in [0.25, 0.3) is 0 Å². The van der Waals surface area contributed by atoms with Gasteiger partial charge in [-0.05, 0) is 55.2 Å². The van der Waals surface area contributed by atoms with E-state index in [2.05, 4.69) is 18.2 Å². The van der Waals surface area contributed by atoms with Crippen LogP contribution in [0.15, 0.2) is 18.2 Å². The van der Waals surface area contributed by atoms with E-state index in [1.807, 2.05) is 0 Å². The highest BCUT2D eigenvalue weighted by Crippen LogP contribution is 2.29. The average Bonchev–Trinajstić information content (AvgIpc) is 2.82. The fourth-order valence-electron chi connectivity index (χ4n) is 3.93. The number of rotatable bonds is 2. The molecule has 0 bridgehead atoms. The van der Waals surface area contributed by atoms with Crippen LogP contribution in [0.5, 0.6) is 0 Å². The van der Waals surface area contributed by atoms with E-state index in [4.69, 9.17) is 5.73 Å². The van der Waals surface area contributed by atoms with Gasteiger partial charge in [0.05, 0.1) is 0 Å². The molecule has 2 N–H and O–H groups in total. The first-order valence-corrected chi connectivity index (χ1v) is 8.15. The number of hydrogen-bond donors (Lipinski definition) is 1. The summed E-state index contributed by atoms with van der Waals surface area (Å²) in [4.78, 5) is 0. The summed E-state index contributed by atoms with van der Waals surface area (Å²) in [5.41, 5.74) is 11.4. The molecule has 0 atom stereocenters. The minimum absolute atomic E-state index is 0.0628. The number of fused-ring (bicyclic) bond motifs is 1. The standard InChI is InChI=1S/C18H27N/c19-18(11-4-2-1-3-5-12-18)14-15-9-10-16-7-6-8-17(16)13-15/h9-10,13H,1-8,11-12,14,19H2. The van der Waals surface area contributed by atoms with Crippen molar-refractivity contribution >= 4 is 0 Å². The topological polar surface area (TPSA) is 26.0 Å². The Labute approximate surface area is 117 Å². The summed E-state index contributed by atoms with van der Waals surface area (Å²) in [5.74, 6) is 0. The van der Waals surface area contributed by atoms with Crippen LogP contribution in [0.2, 0.25) is 0 Å². The van der Waals surface area contributed by atoms with E-state index in [9.17, 15) is 0 Å². The molecule has 3 rings (SSSR count). The van der Waals surface area contributed by atoms with Gasteiger partial charge in [-0.25, -0.2) is 0 Å². The van der Waals surface area contributed by atoms with Gasteiger partial charge in [0.25, 0.3) is 0 Å². The molecule has 0 radical (unpaired) electrons. The van der Waals surface area contributed by atoms with Crippen LogP contribution in [0.4, 0.5) is 0 Å². The molecule has 1 nitrogen and oxygen atoms in total. The molecule has 2 aliphatic carbocycles. The smallest absolute Gasteiger partial charge is 0.0195 e. The average molecular weight is 257 g/mol. The highest BCUT2D eigenvalue weighted by molar-refractivity contribution is 5.36. The third kappa shape index (κ3) is 3.20. The van der Waals surface area contributed by atoms with Gasteiger partial charge in [-0.3, -0.25) is 0 Å². The maximum atomic E-state index is 6.71. The molecule has 1 saturated carbocycles. The quantitative estimate of drug-likeness (QED) is 0.846. The van der Waals surface area contributed by atoms with E-state index in [0.29, 0.717) is 0 Å². The van der Waals surface area contributed by atoms with E-state index in [1.165, 1.54) is 69.8 Å². The van der Waals surface area contributed by atoms with Crippen LogP contribution < -0.4 is 5.73 Å². The highest BCUT2D eigenvalue weighted by Gasteiger charge is 2.26. The van der Waals surface area contributed by atoms with Crippen molar-refractivity contribution in [1.82, 2.24) is 0 Å². The van der Waals surface area contributed by atoms with Gasteiger partial charge >= 0.3 is 0 Å². The molecule has 0 heterocycles. The minimum Gasteiger partial charge on any atom is -0.325 e. The van der Waals surface area contributed by atoms with Gasteiger partial charge in [-0.15, -0.1) is 0 Å². The maximum Gasteiger partial charge on any atom is 0.0195 e.